The normalized spacial score (nSPS) is 10.2. The lowest BCUT2D eigenvalue weighted by Gasteiger charge is -2.05. The van der Waals surface area contributed by atoms with Crippen molar-refractivity contribution in [3.63, 3.8) is 0 Å². The summed E-state index contributed by atoms with van der Waals surface area (Å²) in [7, 11) is 0. The molecule has 4 nitrogen and oxygen atoms in total. The van der Waals surface area contributed by atoms with E-state index in [0.29, 0.717) is 4.88 Å². The van der Waals surface area contributed by atoms with E-state index in [4.69, 9.17) is 5.11 Å². The van der Waals surface area contributed by atoms with Gasteiger partial charge in [-0.25, -0.2) is 9.18 Å². The Bertz CT molecular complexity index is 656. The summed E-state index contributed by atoms with van der Waals surface area (Å²) in [6.07, 6.45) is 0. The van der Waals surface area contributed by atoms with Gasteiger partial charge in [0, 0.05) is 5.69 Å². The van der Waals surface area contributed by atoms with Gasteiger partial charge < -0.3 is 10.4 Å². The highest BCUT2D eigenvalue weighted by Crippen LogP contribution is 2.23. The number of carboxylic acid groups (broad SMARTS) is 1. The smallest absolute Gasteiger partial charge is 0.338 e. The summed E-state index contributed by atoms with van der Waals surface area (Å²) >= 11 is 4.48. The third-order valence-electron chi connectivity index (χ3n) is 2.25. The number of aromatic carboxylic acids is 1. The Hall–Kier alpha value is -1.73. The van der Waals surface area contributed by atoms with Crippen LogP contribution in [-0.2, 0) is 0 Å². The average Bonchev–Trinajstić information content (AvgIpc) is 2.75. The van der Waals surface area contributed by atoms with Crippen LogP contribution >= 0.6 is 27.3 Å². The molecule has 0 radical (unpaired) electrons. The fourth-order valence-electron chi connectivity index (χ4n) is 1.40. The van der Waals surface area contributed by atoms with Gasteiger partial charge in [0.1, 0.15) is 5.82 Å². The number of carbonyl (C=O) groups is 2. The summed E-state index contributed by atoms with van der Waals surface area (Å²) in [5.74, 6) is -2.62. The second-order valence-electron chi connectivity index (χ2n) is 3.56. The lowest BCUT2D eigenvalue weighted by Crippen LogP contribution is -2.11. The summed E-state index contributed by atoms with van der Waals surface area (Å²) in [5.41, 5.74) is -0.228. The average molecular weight is 344 g/mol. The molecule has 0 saturated heterocycles. The molecule has 0 unspecified atom stereocenters. The van der Waals surface area contributed by atoms with Crippen LogP contribution in [0.2, 0.25) is 0 Å². The lowest BCUT2D eigenvalue weighted by atomic mass is 10.2. The van der Waals surface area contributed by atoms with Crippen LogP contribution in [-0.4, -0.2) is 17.0 Å². The van der Waals surface area contributed by atoms with Crippen molar-refractivity contribution < 1.29 is 19.1 Å². The van der Waals surface area contributed by atoms with Gasteiger partial charge in [-0.15, -0.1) is 11.3 Å². The first-order valence-corrected chi connectivity index (χ1v) is 6.68. The van der Waals surface area contributed by atoms with E-state index < -0.39 is 17.3 Å². The molecule has 1 amide bonds. The van der Waals surface area contributed by atoms with Gasteiger partial charge in [0.05, 0.1) is 14.2 Å². The van der Waals surface area contributed by atoms with Gasteiger partial charge in [-0.1, -0.05) is 0 Å². The second kappa shape index (κ2) is 5.50. The molecule has 0 bridgehead atoms. The number of amides is 1. The summed E-state index contributed by atoms with van der Waals surface area (Å²) in [4.78, 5) is 22.9. The zero-order chi connectivity index (χ0) is 14.0. The minimum Gasteiger partial charge on any atom is -0.478 e. The fourth-order valence-corrected chi connectivity index (χ4v) is 2.68. The SMILES string of the molecule is O=C(Nc1ccc(C(=O)O)c(F)c1)c1ccc(Br)s1. The highest BCUT2D eigenvalue weighted by molar-refractivity contribution is 9.11. The van der Waals surface area contributed by atoms with Crippen LogP contribution in [0.25, 0.3) is 0 Å². The molecule has 2 rings (SSSR count). The van der Waals surface area contributed by atoms with E-state index in [2.05, 4.69) is 21.2 Å². The molecule has 0 aliphatic rings. The Morgan fingerprint density at radius 1 is 1.26 bits per heavy atom. The van der Waals surface area contributed by atoms with Crippen LogP contribution in [0, 0.1) is 5.82 Å². The number of benzene rings is 1. The van der Waals surface area contributed by atoms with Crippen LogP contribution in [0.5, 0.6) is 0 Å². The van der Waals surface area contributed by atoms with Crippen LogP contribution in [0.1, 0.15) is 20.0 Å². The molecule has 0 aliphatic carbocycles. The van der Waals surface area contributed by atoms with E-state index in [1.165, 1.54) is 17.4 Å². The lowest BCUT2D eigenvalue weighted by molar-refractivity contribution is 0.0692. The third-order valence-corrected chi connectivity index (χ3v) is 3.88. The number of nitrogens with one attached hydrogen (secondary N) is 1. The Labute approximate surface area is 120 Å². The van der Waals surface area contributed by atoms with Crippen molar-refractivity contribution in [2.45, 2.75) is 0 Å². The van der Waals surface area contributed by atoms with Crippen LogP contribution in [0.4, 0.5) is 10.1 Å². The summed E-state index contributed by atoms with van der Waals surface area (Å²) in [6.45, 7) is 0. The summed E-state index contributed by atoms with van der Waals surface area (Å²) in [5, 5.41) is 11.2. The van der Waals surface area contributed by atoms with Crippen LogP contribution in [0.3, 0.4) is 0 Å². The number of rotatable bonds is 3. The number of thiophene rings is 1. The van der Waals surface area contributed by atoms with E-state index in [-0.39, 0.29) is 11.6 Å². The largest absolute Gasteiger partial charge is 0.478 e. The second-order valence-corrected chi connectivity index (χ2v) is 6.02. The molecule has 1 aromatic heterocycles. The zero-order valence-electron chi connectivity index (χ0n) is 9.31. The van der Waals surface area contributed by atoms with Gasteiger partial charge in [-0.2, -0.15) is 0 Å². The molecule has 1 aromatic carbocycles. The Morgan fingerprint density at radius 2 is 2.00 bits per heavy atom. The summed E-state index contributed by atoms with van der Waals surface area (Å²) < 4.78 is 14.2. The number of anilines is 1. The Morgan fingerprint density at radius 3 is 2.53 bits per heavy atom. The number of carbonyl (C=O) groups excluding carboxylic acids is 1. The topological polar surface area (TPSA) is 66.4 Å². The van der Waals surface area contributed by atoms with Crippen molar-refractivity contribution in [2.24, 2.45) is 0 Å². The molecule has 0 saturated carbocycles. The van der Waals surface area contributed by atoms with Gasteiger partial charge in [-0.3, -0.25) is 4.79 Å². The first kappa shape index (κ1) is 13.7. The summed E-state index contributed by atoms with van der Waals surface area (Å²) in [6, 6.07) is 6.79. The molecule has 0 aliphatic heterocycles. The van der Waals surface area contributed by atoms with Gasteiger partial charge in [0.15, 0.2) is 0 Å². The van der Waals surface area contributed by atoms with E-state index in [0.717, 1.165) is 15.9 Å². The maximum atomic E-state index is 13.4. The quantitative estimate of drug-likeness (QED) is 0.894. The molecule has 0 spiro atoms. The Kier molecular flexibility index (Phi) is 3.96. The standard InChI is InChI=1S/C12H7BrFNO3S/c13-10-4-3-9(19-10)11(16)15-6-1-2-7(12(17)18)8(14)5-6/h1-5H,(H,15,16)(H,17,18). The third kappa shape index (κ3) is 3.18. The first-order chi connectivity index (χ1) is 8.97. The van der Waals surface area contributed by atoms with E-state index >= 15 is 0 Å². The molecule has 0 fully saturated rings. The molecular formula is C12H7BrFNO3S. The maximum absolute atomic E-state index is 13.4. The van der Waals surface area contributed by atoms with Gasteiger partial charge >= 0.3 is 5.97 Å². The molecular weight excluding hydrogens is 337 g/mol. The predicted octanol–water partition coefficient (Wildman–Crippen LogP) is 3.60. The number of hydrogen-bond donors (Lipinski definition) is 2. The van der Waals surface area contributed by atoms with Crippen LogP contribution < -0.4 is 5.32 Å². The minimum absolute atomic E-state index is 0.206. The number of carboxylic acids is 1. The predicted molar refractivity (Wildman–Crippen MR) is 73.3 cm³/mol. The monoisotopic (exact) mass is 343 g/mol. The van der Waals surface area contributed by atoms with Crippen molar-refractivity contribution >= 4 is 44.8 Å². The minimum atomic E-state index is -1.35. The molecule has 98 valence electrons. The van der Waals surface area contributed by atoms with Crippen molar-refractivity contribution in [2.75, 3.05) is 5.32 Å². The maximum Gasteiger partial charge on any atom is 0.338 e. The molecule has 7 heteroatoms. The molecule has 0 atom stereocenters. The van der Waals surface area contributed by atoms with Gasteiger partial charge in [0.2, 0.25) is 0 Å². The highest BCUT2D eigenvalue weighted by atomic mass is 79.9. The zero-order valence-corrected chi connectivity index (χ0v) is 11.7. The first-order valence-electron chi connectivity index (χ1n) is 5.07. The molecule has 1 heterocycles. The van der Waals surface area contributed by atoms with E-state index in [1.807, 2.05) is 0 Å². The molecule has 2 N–H and O–H groups in total. The number of halogens is 2. The van der Waals surface area contributed by atoms with E-state index in [1.54, 1.807) is 12.1 Å². The van der Waals surface area contributed by atoms with Gasteiger partial charge in [-0.05, 0) is 46.3 Å². The number of hydrogen-bond acceptors (Lipinski definition) is 3. The van der Waals surface area contributed by atoms with Gasteiger partial charge in [0.25, 0.3) is 5.91 Å². The van der Waals surface area contributed by atoms with Crippen molar-refractivity contribution in [1.29, 1.82) is 0 Å². The van der Waals surface area contributed by atoms with E-state index in [9.17, 15) is 14.0 Å². The van der Waals surface area contributed by atoms with Crippen LogP contribution in [0.15, 0.2) is 34.1 Å². The molecule has 19 heavy (non-hydrogen) atoms. The highest BCUT2D eigenvalue weighted by Gasteiger charge is 2.13. The van der Waals surface area contributed by atoms with Crippen molar-refractivity contribution in [1.82, 2.24) is 0 Å². The van der Waals surface area contributed by atoms with Crippen molar-refractivity contribution in [3.05, 3.63) is 50.4 Å². The fraction of sp³-hybridized carbons (Fsp3) is 0. The Balaban J connectivity index is 2.18. The molecule has 2 aromatic rings. The van der Waals surface area contributed by atoms with Crippen molar-refractivity contribution in [3.8, 4) is 0 Å².